The maximum atomic E-state index is 13.4. The van der Waals surface area contributed by atoms with E-state index in [-0.39, 0.29) is 22.9 Å². The summed E-state index contributed by atoms with van der Waals surface area (Å²) < 4.78 is 0. The number of piperidine rings is 1. The summed E-state index contributed by atoms with van der Waals surface area (Å²) in [6.45, 7) is 1.91. The highest BCUT2D eigenvalue weighted by atomic mass is 32.1. The molecule has 0 saturated carbocycles. The standard InChI is InChI=1S/C26H22N6O3S/c27-12-17-21(15-3-1-4-16(11-15)32(34)35)23-19(5-2-6-20(23)33)31(24(17)29)25-18(13-28)22-14-7-9-30(10-8-14)26(22)36-25/h1,3-4,11,14,21H,2,5-10,29H2/t21-/m0/s1. The second-order valence-electron chi connectivity index (χ2n) is 9.54. The molecular weight excluding hydrogens is 476 g/mol. The summed E-state index contributed by atoms with van der Waals surface area (Å²) in [4.78, 5) is 28.4. The number of carbonyl (C=O) groups excluding carboxylic acids is 1. The van der Waals surface area contributed by atoms with E-state index in [2.05, 4.69) is 17.0 Å². The van der Waals surface area contributed by atoms with Gasteiger partial charge in [-0.05, 0) is 37.2 Å². The number of fused-ring (bicyclic) bond motifs is 2. The maximum Gasteiger partial charge on any atom is 0.269 e. The summed E-state index contributed by atoms with van der Waals surface area (Å²) >= 11 is 1.50. The molecule has 2 bridgehead atoms. The molecule has 4 aliphatic heterocycles. The molecule has 2 N–H and O–H groups in total. The Kier molecular flexibility index (Phi) is 5.09. The molecule has 180 valence electrons. The fraction of sp³-hybridized carbons (Fsp3) is 0.346. The Bertz CT molecular complexity index is 1480. The minimum absolute atomic E-state index is 0.0957. The summed E-state index contributed by atoms with van der Waals surface area (Å²) in [6.07, 6.45) is 3.54. The number of non-ortho nitro benzene ring substituents is 1. The second kappa shape index (κ2) is 8.21. The van der Waals surface area contributed by atoms with Gasteiger partial charge in [-0.25, -0.2) is 0 Å². The molecule has 7 rings (SSSR count). The predicted molar refractivity (Wildman–Crippen MR) is 134 cm³/mol. The summed E-state index contributed by atoms with van der Waals surface area (Å²) in [6, 6.07) is 10.7. The highest BCUT2D eigenvalue weighted by Gasteiger charge is 2.44. The lowest BCUT2D eigenvalue weighted by Gasteiger charge is -2.39. The molecule has 0 amide bonds. The number of hydrogen-bond donors (Lipinski definition) is 1. The predicted octanol–water partition coefficient (Wildman–Crippen LogP) is 4.53. The van der Waals surface area contributed by atoms with Gasteiger partial charge in [-0.2, -0.15) is 10.5 Å². The fourth-order valence-corrected chi connectivity index (χ4v) is 7.57. The highest BCUT2D eigenvalue weighted by Crippen LogP contribution is 2.55. The Morgan fingerprint density at radius 3 is 2.61 bits per heavy atom. The molecule has 5 heterocycles. The number of anilines is 2. The van der Waals surface area contributed by atoms with Crippen molar-refractivity contribution in [2.75, 3.05) is 22.9 Å². The molecular formula is C26H22N6O3S. The first-order valence-corrected chi connectivity index (χ1v) is 12.8. The number of allylic oxidation sites excluding steroid dienone is 3. The van der Waals surface area contributed by atoms with Gasteiger partial charge in [0.25, 0.3) is 5.69 Å². The number of nitro benzene ring substituents is 1. The Morgan fingerprint density at radius 2 is 1.92 bits per heavy atom. The smallest absolute Gasteiger partial charge is 0.269 e. The third kappa shape index (κ3) is 3.08. The van der Waals surface area contributed by atoms with Gasteiger partial charge in [0.1, 0.15) is 16.9 Å². The quantitative estimate of drug-likeness (QED) is 0.481. The first kappa shape index (κ1) is 22.3. The van der Waals surface area contributed by atoms with Gasteiger partial charge in [-0.3, -0.25) is 19.8 Å². The Labute approximate surface area is 211 Å². The first-order valence-electron chi connectivity index (χ1n) is 12.0. The highest BCUT2D eigenvalue weighted by molar-refractivity contribution is 7.20. The van der Waals surface area contributed by atoms with Crippen molar-refractivity contribution in [2.45, 2.75) is 43.9 Å². The molecule has 1 atom stereocenters. The van der Waals surface area contributed by atoms with Crippen LogP contribution >= 0.6 is 11.3 Å². The minimum atomic E-state index is -0.783. The zero-order valence-corrected chi connectivity index (χ0v) is 20.2. The molecule has 1 aromatic carbocycles. The summed E-state index contributed by atoms with van der Waals surface area (Å²) in [5.41, 5.74) is 10.0. The van der Waals surface area contributed by atoms with E-state index in [1.165, 1.54) is 23.5 Å². The third-order valence-electron chi connectivity index (χ3n) is 7.74. The number of Topliss-reactive ketones (excluding diaryl/α,β-unsaturated/α-hetero) is 1. The van der Waals surface area contributed by atoms with Crippen molar-refractivity contribution >= 4 is 32.8 Å². The number of nitrogens with two attached hydrogens (primary N) is 1. The third-order valence-corrected chi connectivity index (χ3v) is 8.99. The molecule has 10 heteroatoms. The zero-order chi connectivity index (χ0) is 25.1. The van der Waals surface area contributed by atoms with Crippen molar-refractivity contribution in [3.05, 3.63) is 73.7 Å². The normalized spacial score (nSPS) is 21.3. The number of nitro groups is 1. The number of nitrogens with zero attached hydrogens (tertiary/aromatic N) is 5. The largest absolute Gasteiger partial charge is 0.384 e. The van der Waals surface area contributed by atoms with E-state index in [1.807, 2.05) is 0 Å². The summed E-state index contributed by atoms with van der Waals surface area (Å²) in [5.74, 6) is -0.371. The number of benzene rings is 1. The van der Waals surface area contributed by atoms with Gasteiger partial charge >= 0.3 is 0 Å². The zero-order valence-electron chi connectivity index (χ0n) is 19.4. The average molecular weight is 499 g/mol. The van der Waals surface area contributed by atoms with Crippen LogP contribution in [-0.4, -0.2) is 23.8 Å². The number of hydrogen-bond acceptors (Lipinski definition) is 9. The van der Waals surface area contributed by atoms with E-state index in [0.29, 0.717) is 52.6 Å². The molecule has 36 heavy (non-hydrogen) atoms. The van der Waals surface area contributed by atoms with Gasteiger partial charge in [-0.15, -0.1) is 0 Å². The first-order chi connectivity index (χ1) is 17.4. The van der Waals surface area contributed by atoms with Crippen LogP contribution in [0, 0.1) is 32.8 Å². The lowest BCUT2D eigenvalue weighted by Crippen LogP contribution is -2.38. The van der Waals surface area contributed by atoms with Gasteiger partial charge in [0, 0.05) is 48.5 Å². The summed E-state index contributed by atoms with van der Waals surface area (Å²) in [5, 5.41) is 33.7. The van der Waals surface area contributed by atoms with E-state index < -0.39 is 10.8 Å². The van der Waals surface area contributed by atoms with Crippen molar-refractivity contribution < 1.29 is 9.72 Å². The second-order valence-corrected chi connectivity index (χ2v) is 10.5. The molecule has 0 unspecified atom stereocenters. The van der Waals surface area contributed by atoms with Crippen LogP contribution in [0.2, 0.25) is 0 Å². The van der Waals surface area contributed by atoms with E-state index in [4.69, 9.17) is 5.73 Å². The average Bonchev–Trinajstić information content (AvgIpc) is 3.30. The molecule has 0 spiro atoms. The molecule has 1 saturated heterocycles. The maximum absolute atomic E-state index is 13.4. The van der Waals surface area contributed by atoms with Crippen LogP contribution in [0.25, 0.3) is 0 Å². The van der Waals surface area contributed by atoms with Crippen molar-refractivity contribution in [2.24, 2.45) is 5.73 Å². The number of carbonyl (C=O) groups is 1. The summed E-state index contributed by atoms with van der Waals surface area (Å²) in [7, 11) is 0. The Balaban J connectivity index is 1.59. The van der Waals surface area contributed by atoms with Crippen molar-refractivity contribution in [3.63, 3.8) is 0 Å². The van der Waals surface area contributed by atoms with Crippen LogP contribution in [0.5, 0.6) is 0 Å². The molecule has 0 radical (unpaired) electrons. The van der Waals surface area contributed by atoms with E-state index in [1.54, 1.807) is 17.0 Å². The Morgan fingerprint density at radius 1 is 1.14 bits per heavy atom. The van der Waals surface area contributed by atoms with Gasteiger partial charge in [0.05, 0.1) is 33.0 Å². The van der Waals surface area contributed by atoms with Gasteiger partial charge < -0.3 is 10.6 Å². The van der Waals surface area contributed by atoms with Crippen molar-refractivity contribution in [1.82, 2.24) is 0 Å². The van der Waals surface area contributed by atoms with E-state index >= 15 is 0 Å². The number of nitriles is 2. The number of ketones is 1. The van der Waals surface area contributed by atoms with E-state index in [0.717, 1.165) is 36.5 Å². The van der Waals surface area contributed by atoms with Crippen LogP contribution in [0.3, 0.4) is 0 Å². The van der Waals surface area contributed by atoms with Crippen LogP contribution in [0.1, 0.15) is 60.6 Å². The lowest BCUT2D eigenvalue weighted by atomic mass is 9.75. The molecule has 1 aliphatic carbocycles. The molecule has 2 aromatic rings. The van der Waals surface area contributed by atoms with Crippen LogP contribution in [-0.2, 0) is 4.79 Å². The van der Waals surface area contributed by atoms with Gasteiger partial charge in [-0.1, -0.05) is 23.5 Å². The molecule has 1 aromatic heterocycles. The SMILES string of the molecule is N#CC1=C(N)N(c2sc3c(c2C#N)C2CCN3CC2)C2=C(C(=O)CCC2)[C@H]1c1cccc([N+](=O)[O-])c1. The van der Waals surface area contributed by atoms with Crippen LogP contribution in [0.15, 0.2) is 46.9 Å². The molecule has 5 aliphatic rings. The van der Waals surface area contributed by atoms with Crippen molar-refractivity contribution in [3.8, 4) is 12.1 Å². The van der Waals surface area contributed by atoms with E-state index in [9.17, 15) is 25.4 Å². The Hall–Kier alpha value is -4.15. The monoisotopic (exact) mass is 498 g/mol. The molecule has 1 fully saturated rings. The number of thiophene rings is 1. The fourth-order valence-electron chi connectivity index (χ4n) is 6.14. The van der Waals surface area contributed by atoms with Gasteiger partial charge in [0.15, 0.2) is 5.78 Å². The van der Waals surface area contributed by atoms with Crippen LogP contribution in [0.4, 0.5) is 15.7 Å². The number of rotatable bonds is 3. The molecule has 9 nitrogen and oxygen atoms in total. The van der Waals surface area contributed by atoms with Crippen molar-refractivity contribution in [1.29, 1.82) is 10.5 Å². The minimum Gasteiger partial charge on any atom is -0.384 e. The van der Waals surface area contributed by atoms with Crippen LogP contribution < -0.4 is 15.5 Å². The topological polar surface area (TPSA) is 140 Å². The lowest BCUT2D eigenvalue weighted by molar-refractivity contribution is -0.384. The van der Waals surface area contributed by atoms with Gasteiger partial charge in [0.2, 0.25) is 0 Å².